The van der Waals surface area contributed by atoms with Gasteiger partial charge in [-0.25, -0.2) is 9.59 Å². The summed E-state index contributed by atoms with van der Waals surface area (Å²) >= 11 is 0. The minimum Gasteiger partial charge on any atom is -0.478 e. The number of hydrogen-bond donors (Lipinski definition) is 2. The molecule has 1 aromatic heterocycles. The Morgan fingerprint density at radius 2 is 2.19 bits per heavy atom. The smallest absolute Gasteiger partial charge is 0.339 e. The molecule has 116 valence electrons. The number of amides is 2. The molecule has 0 aromatic carbocycles. The van der Waals surface area contributed by atoms with Gasteiger partial charge in [0.15, 0.2) is 0 Å². The van der Waals surface area contributed by atoms with E-state index in [1.807, 2.05) is 4.90 Å². The Morgan fingerprint density at radius 3 is 2.86 bits per heavy atom. The summed E-state index contributed by atoms with van der Waals surface area (Å²) < 4.78 is 5.35. The van der Waals surface area contributed by atoms with Crippen LogP contribution in [0.3, 0.4) is 0 Å². The van der Waals surface area contributed by atoms with Crippen molar-refractivity contribution in [2.75, 3.05) is 6.54 Å². The van der Waals surface area contributed by atoms with Gasteiger partial charge in [-0.05, 0) is 32.8 Å². The Balaban J connectivity index is 1.94. The second-order valence-corrected chi connectivity index (χ2v) is 5.54. The van der Waals surface area contributed by atoms with Crippen LogP contribution in [0.4, 0.5) is 4.79 Å². The maximum absolute atomic E-state index is 12.2. The molecule has 2 rings (SSSR count). The zero-order valence-electron chi connectivity index (χ0n) is 12.5. The maximum atomic E-state index is 12.2. The van der Waals surface area contributed by atoms with Crippen molar-refractivity contribution in [3.05, 3.63) is 23.2 Å². The summed E-state index contributed by atoms with van der Waals surface area (Å²) in [6.45, 7) is 4.64. The minimum atomic E-state index is -1.02. The van der Waals surface area contributed by atoms with Crippen LogP contribution in [0.15, 0.2) is 10.5 Å². The van der Waals surface area contributed by atoms with Crippen LogP contribution >= 0.6 is 0 Å². The Hall–Kier alpha value is -1.98. The van der Waals surface area contributed by atoms with Crippen molar-refractivity contribution in [1.82, 2.24) is 10.2 Å². The van der Waals surface area contributed by atoms with Crippen LogP contribution in [0.25, 0.3) is 0 Å². The molecule has 1 aliphatic heterocycles. The van der Waals surface area contributed by atoms with E-state index in [1.54, 1.807) is 6.92 Å². The number of likely N-dealkylation sites (tertiary alicyclic amines) is 1. The second kappa shape index (κ2) is 6.65. The van der Waals surface area contributed by atoms with Crippen LogP contribution in [0, 0.1) is 6.92 Å². The van der Waals surface area contributed by atoms with E-state index in [9.17, 15) is 9.59 Å². The van der Waals surface area contributed by atoms with Gasteiger partial charge in [-0.15, -0.1) is 0 Å². The first-order valence-electron chi connectivity index (χ1n) is 7.36. The molecule has 0 spiro atoms. The molecule has 1 aromatic rings. The molecule has 1 atom stereocenters. The lowest BCUT2D eigenvalue weighted by atomic mass is 10.1. The number of carbonyl (C=O) groups is 2. The number of rotatable bonds is 3. The third-order valence-electron chi connectivity index (χ3n) is 3.93. The second-order valence-electron chi connectivity index (χ2n) is 5.54. The van der Waals surface area contributed by atoms with Gasteiger partial charge >= 0.3 is 12.0 Å². The fraction of sp³-hybridized carbons (Fsp3) is 0.600. The van der Waals surface area contributed by atoms with Crippen LogP contribution in [-0.4, -0.2) is 34.6 Å². The lowest BCUT2D eigenvalue weighted by molar-refractivity contribution is 0.0695. The third kappa shape index (κ3) is 3.77. The van der Waals surface area contributed by atoms with E-state index in [-0.39, 0.29) is 24.2 Å². The van der Waals surface area contributed by atoms with Crippen molar-refractivity contribution in [3.8, 4) is 0 Å². The first-order chi connectivity index (χ1) is 9.99. The summed E-state index contributed by atoms with van der Waals surface area (Å²) in [6.07, 6.45) is 4.37. The number of carboxylic acids is 1. The largest absolute Gasteiger partial charge is 0.478 e. The van der Waals surface area contributed by atoms with Crippen molar-refractivity contribution in [3.63, 3.8) is 0 Å². The van der Waals surface area contributed by atoms with Crippen LogP contribution < -0.4 is 5.32 Å². The molecule has 6 nitrogen and oxygen atoms in total. The Bertz CT molecular complexity index is 524. The molecule has 0 aliphatic carbocycles. The molecule has 0 bridgehead atoms. The van der Waals surface area contributed by atoms with Gasteiger partial charge in [0.1, 0.15) is 17.1 Å². The fourth-order valence-corrected chi connectivity index (χ4v) is 2.68. The predicted octanol–water partition coefficient (Wildman–Crippen LogP) is 2.76. The first-order valence-corrected chi connectivity index (χ1v) is 7.36. The topological polar surface area (TPSA) is 82.8 Å². The van der Waals surface area contributed by atoms with Crippen molar-refractivity contribution >= 4 is 12.0 Å². The number of aromatic carboxylic acids is 1. The van der Waals surface area contributed by atoms with Gasteiger partial charge < -0.3 is 19.7 Å². The van der Waals surface area contributed by atoms with E-state index < -0.39 is 5.97 Å². The van der Waals surface area contributed by atoms with Crippen molar-refractivity contribution in [1.29, 1.82) is 0 Å². The monoisotopic (exact) mass is 294 g/mol. The van der Waals surface area contributed by atoms with Crippen LogP contribution in [0.5, 0.6) is 0 Å². The van der Waals surface area contributed by atoms with Crippen molar-refractivity contribution in [2.24, 2.45) is 0 Å². The molecule has 2 heterocycles. The van der Waals surface area contributed by atoms with Crippen molar-refractivity contribution < 1.29 is 19.1 Å². The molecule has 2 N–H and O–H groups in total. The van der Waals surface area contributed by atoms with Gasteiger partial charge in [0, 0.05) is 12.6 Å². The summed E-state index contributed by atoms with van der Waals surface area (Å²) in [5.41, 5.74) is 0.141. The third-order valence-corrected chi connectivity index (χ3v) is 3.93. The van der Waals surface area contributed by atoms with Crippen LogP contribution in [0.1, 0.15) is 54.5 Å². The quantitative estimate of drug-likeness (QED) is 0.898. The summed E-state index contributed by atoms with van der Waals surface area (Å²) in [5.74, 6) is -0.203. The van der Waals surface area contributed by atoms with E-state index in [0.29, 0.717) is 11.5 Å². The average Bonchev–Trinajstić information content (AvgIpc) is 2.67. The van der Waals surface area contributed by atoms with Crippen molar-refractivity contribution in [2.45, 2.75) is 52.1 Å². The Kier molecular flexibility index (Phi) is 4.88. The van der Waals surface area contributed by atoms with Gasteiger partial charge in [0.2, 0.25) is 0 Å². The molecule has 2 amide bonds. The number of carbonyl (C=O) groups excluding carboxylic acids is 1. The van der Waals surface area contributed by atoms with Gasteiger partial charge in [0.05, 0.1) is 6.54 Å². The summed E-state index contributed by atoms with van der Waals surface area (Å²) in [4.78, 5) is 25.0. The maximum Gasteiger partial charge on any atom is 0.339 e. The van der Waals surface area contributed by atoms with E-state index >= 15 is 0 Å². The van der Waals surface area contributed by atoms with Gasteiger partial charge in [0.25, 0.3) is 0 Å². The zero-order chi connectivity index (χ0) is 15.4. The fourth-order valence-electron chi connectivity index (χ4n) is 2.68. The zero-order valence-corrected chi connectivity index (χ0v) is 12.5. The highest BCUT2D eigenvalue weighted by Crippen LogP contribution is 2.17. The molecule has 1 fully saturated rings. The number of furan rings is 1. The number of nitrogens with one attached hydrogen (secondary N) is 1. The highest BCUT2D eigenvalue weighted by atomic mass is 16.4. The molecule has 21 heavy (non-hydrogen) atoms. The molecular formula is C15H22N2O4. The van der Waals surface area contributed by atoms with Gasteiger partial charge in [-0.3, -0.25) is 0 Å². The number of hydrogen-bond acceptors (Lipinski definition) is 3. The lowest BCUT2D eigenvalue weighted by Gasteiger charge is -2.27. The standard InChI is InChI=1S/C15H22N2O4/c1-10-6-4-3-5-7-17(10)15(20)16-9-12-8-13(14(18)19)11(2)21-12/h8,10H,3-7,9H2,1-2H3,(H,16,20)(H,18,19). The van der Waals surface area contributed by atoms with E-state index in [0.717, 1.165) is 32.2 Å². The summed E-state index contributed by atoms with van der Waals surface area (Å²) in [7, 11) is 0. The van der Waals surface area contributed by atoms with E-state index in [1.165, 1.54) is 6.07 Å². The van der Waals surface area contributed by atoms with E-state index in [4.69, 9.17) is 9.52 Å². The minimum absolute atomic E-state index is 0.115. The van der Waals surface area contributed by atoms with Crippen LogP contribution in [0.2, 0.25) is 0 Å². The number of nitrogens with zero attached hydrogens (tertiary/aromatic N) is 1. The van der Waals surface area contributed by atoms with Gasteiger partial charge in [-0.2, -0.15) is 0 Å². The normalized spacial score (nSPS) is 19.1. The summed E-state index contributed by atoms with van der Waals surface area (Å²) in [6, 6.07) is 1.58. The lowest BCUT2D eigenvalue weighted by Crippen LogP contribution is -2.44. The summed E-state index contributed by atoms with van der Waals surface area (Å²) in [5, 5.41) is 11.8. The first kappa shape index (κ1) is 15.4. The number of carboxylic acid groups (broad SMARTS) is 1. The molecule has 1 unspecified atom stereocenters. The molecule has 1 aliphatic rings. The molecule has 1 saturated heterocycles. The highest BCUT2D eigenvalue weighted by Gasteiger charge is 2.22. The SMILES string of the molecule is Cc1oc(CNC(=O)N2CCCCCC2C)cc1C(=O)O. The number of urea groups is 1. The predicted molar refractivity (Wildman–Crippen MR) is 77.3 cm³/mol. The number of aryl methyl sites for hydroxylation is 1. The van der Waals surface area contributed by atoms with E-state index in [2.05, 4.69) is 12.2 Å². The Morgan fingerprint density at radius 1 is 1.43 bits per heavy atom. The molecule has 6 heteroatoms. The highest BCUT2D eigenvalue weighted by molar-refractivity contribution is 5.88. The average molecular weight is 294 g/mol. The Labute approximate surface area is 124 Å². The van der Waals surface area contributed by atoms with Gasteiger partial charge in [-0.1, -0.05) is 12.8 Å². The molecular weight excluding hydrogens is 272 g/mol. The van der Waals surface area contributed by atoms with Crippen LogP contribution in [-0.2, 0) is 6.54 Å². The molecule has 0 radical (unpaired) electrons. The molecule has 0 saturated carbocycles.